The van der Waals surface area contributed by atoms with Crippen LogP contribution >= 0.6 is 15.9 Å². The van der Waals surface area contributed by atoms with Crippen LogP contribution in [-0.2, 0) is 10.0 Å². The van der Waals surface area contributed by atoms with E-state index in [4.69, 9.17) is 5.73 Å². The molecule has 0 atom stereocenters. The van der Waals surface area contributed by atoms with Crippen LogP contribution in [0.2, 0.25) is 0 Å². The first-order valence-corrected chi connectivity index (χ1v) is 8.10. The second kappa shape index (κ2) is 5.59. The Hall–Kier alpha value is -0.590. The largest absolute Gasteiger partial charge is 0.399 e. The Morgan fingerprint density at radius 2 is 1.89 bits per heavy atom. The van der Waals surface area contributed by atoms with Crippen molar-refractivity contribution >= 4 is 31.6 Å². The fourth-order valence-corrected chi connectivity index (χ4v) is 4.15. The van der Waals surface area contributed by atoms with Gasteiger partial charge in [0.05, 0.1) is 4.90 Å². The third-order valence-electron chi connectivity index (χ3n) is 3.19. The van der Waals surface area contributed by atoms with Crippen LogP contribution in [0.1, 0.15) is 33.6 Å². The molecule has 4 nitrogen and oxygen atoms in total. The summed E-state index contributed by atoms with van der Waals surface area (Å²) in [6.45, 7) is 5.82. The Morgan fingerprint density at radius 3 is 2.33 bits per heavy atom. The average Bonchev–Trinajstić information content (AvgIpc) is 2.27. The van der Waals surface area contributed by atoms with Crippen molar-refractivity contribution in [3.63, 3.8) is 0 Å². The van der Waals surface area contributed by atoms with Crippen LogP contribution < -0.4 is 10.5 Å². The summed E-state index contributed by atoms with van der Waals surface area (Å²) < 4.78 is 27.9. The van der Waals surface area contributed by atoms with Gasteiger partial charge < -0.3 is 5.73 Å². The molecule has 102 valence electrons. The fraction of sp³-hybridized carbons (Fsp3) is 0.500. The lowest BCUT2D eigenvalue weighted by molar-refractivity contribution is 0.388. The van der Waals surface area contributed by atoms with Crippen LogP contribution in [0.25, 0.3) is 0 Å². The smallest absolute Gasteiger partial charge is 0.242 e. The van der Waals surface area contributed by atoms with Crippen LogP contribution in [0.3, 0.4) is 0 Å². The monoisotopic (exact) mass is 334 g/mol. The highest BCUT2D eigenvalue weighted by molar-refractivity contribution is 9.10. The third-order valence-corrected chi connectivity index (χ3v) is 5.80. The molecule has 1 aromatic carbocycles. The van der Waals surface area contributed by atoms with Gasteiger partial charge in [0.2, 0.25) is 10.0 Å². The zero-order valence-corrected chi connectivity index (χ0v) is 13.2. The van der Waals surface area contributed by atoms with Crippen molar-refractivity contribution in [2.24, 2.45) is 0 Å². The molecular formula is C12H19BrN2O2S. The molecule has 0 unspecified atom stereocenters. The van der Waals surface area contributed by atoms with Gasteiger partial charge in [-0.1, -0.05) is 13.8 Å². The summed E-state index contributed by atoms with van der Waals surface area (Å²) in [6, 6.07) is 4.67. The molecule has 6 heteroatoms. The second-order valence-electron chi connectivity index (χ2n) is 4.56. The standard InChI is InChI=1S/C12H19BrN2O2S/c1-4-12(3,5-2)15-18(16,17)11-7-6-9(14)8-10(11)13/h6-8,15H,4-5,14H2,1-3H3. The summed E-state index contributed by atoms with van der Waals surface area (Å²) in [6.07, 6.45) is 1.46. The number of sulfonamides is 1. The van der Waals surface area contributed by atoms with E-state index in [0.29, 0.717) is 10.2 Å². The lowest BCUT2D eigenvalue weighted by atomic mass is 9.98. The van der Waals surface area contributed by atoms with Gasteiger partial charge in [0.25, 0.3) is 0 Å². The minimum atomic E-state index is -3.54. The van der Waals surface area contributed by atoms with Crippen molar-refractivity contribution < 1.29 is 8.42 Å². The molecule has 18 heavy (non-hydrogen) atoms. The molecule has 1 rings (SSSR count). The number of halogens is 1. The normalized spacial score (nSPS) is 12.7. The Kier molecular flexibility index (Phi) is 4.80. The quantitative estimate of drug-likeness (QED) is 0.813. The molecule has 0 saturated heterocycles. The molecule has 0 fully saturated rings. The Morgan fingerprint density at radius 1 is 1.33 bits per heavy atom. The average molecular weight is 335 g/mol. The minimum Gasteiger partial charge on any atom is -0.399 e. The summed E-state index contributed by atoms with van der Waals surface area (Å²) in [5, 5.41) is 0. The molecular weight excluding hydrogens is 316 g/mol. The highest BCUT2D eigenvalue weighted by Crippen LogP contribution is 2.26. The molecule has 0 amide bonds. The van der Waals surface area contributed by atoms with E-state index >= 15 is 0 Å². The molecule has 1 aromatic rings. The van der Waals surface area contributed by atoms with Crippen molar-refractivity contribution in [2.75, 3.05) is 5.73 Å². The van der Waals surface area contributed by atoms with E-state index in [0.717, 1.165) is 12.8 Å². The van der Waals surface area contributed by atoms with Crippen molar-refractivity contribution in [3.05, 3.63) is 22.7 Å². The number of nitrogens with one attached hydrogen (secondary N) is 1. The van der Waals surface area contributed by atoms with Crippen LogP contribution in [0.5, 0.6) is 0 Å². The van der Waals surface area contributed by atoms with Gasteiger partial charge >= 0.3 is 0 Å². The molecule has 3 N–H and O–H groups in total. The topological polar surface area (TPSA) is 72.2 Å². The Labute approximate surface area is 117 Å². The highest BCUT2D eigenvalue weighted by Gasteiger charge is 2.28. The molecule has 0 aliphatic rings. The van der Waals surface area contributed by atoms with E-state index in [-0.39, 0.29) is 4.90 Å². The first-order valence-electron chi connectivity index (χ1n) is 5.83. The van der Waals surface area contributed by atoms with Gasteiger partial charge in [0.1, 0.15) is 0 Å². The maximum Gasteiger partial charge on any atom is 0.242 e. The molecule has 0 aliphatic carbocycles. The maximum atomic E-state index is 12.3. The molecule has 0 aromatic heterocycles. The molecule has 0 radical (unpaired) electrons. The molecule has 0 heterocycles. The van der Waals surface area contributed by atoms with Crippen molar-refractivity contribution in [1.29, 1.82) is 0 Å². The number of hydrogen-bond acceptors (Lipinski definition) is 3. The first-order chi connectivity index (χ1) is 8.24. The van der Waals surface area contributed by atoms with E-state index in [1.165, 1.54) is 6.07 Å². The van der Waals surface area contributed by atoms with Gasteiger partial charge in [-0.15, -0.1) is 0 Å². The molecule has 0 spiro atoms. The SMILES string of the molecule is CCC(C)(CC)NS(=O)(=O)c1ccc(N)cc1Br. The number of anilines is 1. The second-order valence-corrected chi connectivity index (χ2v) is 7.07. The summed E-state index contributed by atoms with van der Waals surface area (Å²) >= 11 is 3.24. The molecule has 0 bridgehead atoms. The van der Waals surface area contributed by atoms with Crippen LogP contribution in [0.4, 0.5) is 5.69 Å². The van der Waals surface area contributed by atoms with Crippen molar-refractivity contribution in [2.45, 2.75) is 44.0 Å². The highest BCUT2D eigenvalue weighted by atomic mass is 79.9. The summed E-state index contributed by atoms with van der Waals surface area (Å²) in [5.74, 6) is 0. The van der Waals surface area contributed by atoms with Crippen LogP contribution in [0, 0.1) is 0 Å². The number of rotatable bonds is 5. The van der Waals surface area contributed by atoms with E-state index in [9.17, 15) is 8.42 Å². The number of nitrogens with two attached hydrogens (primary N) is 1. The van der Waals surface area contributed by atoms with Gasteiger partial charge in [-0.2, -0.15) is 0 Å². The van der Waals surface area contributed by atoms with Crippen LogP contribution in [0.15, 0.2) is 27.6 Å². The Balaban J connectivity index is 3.15. The third kappa shape index (κ3) is 3.46. The van der Waals surface area contributed by atoms with Gasteiger partial charge in [-0.05, 0) is 53.9 Å². The molecule has 0 saturated carbocycles. The van der Waals surface area contributed by atoms with E-state index in [1.807, 2.05) is 20.8 Å². The number of hydrogen-bond donors (Lipinski definition) is 2. The lowest BCUT2D eigenvalue weighted by Crippen LogP contribution is -2.44. The van der Waals surface area contributed by atoms with Gasteiger partial charge in [0.15, 0.2) is 0 Å². The van der Waals surface area contributed by atoms with E-state index in [1.54, 1.807) is 12.1 Å². The molecule has 0 aliphatic heterocycles. The predicted molar refractivity (Wildman–Crippen MR) is 77.9 cm³/mol. The zero-order valence-electron chi connectivity index (χ0n) is 10.8. The summed E-state index contributed by atoms with van der Waals surface area (Å²) in [5.41, 5.74) is 5.70. The van der Waals surface area contributed by atoms with Crippen LogP contribution in [-0.4, -0.2) is 14.0 Å². The maximum absolute atomic E-state index is 12.3. The first kappa shape index (κ1) is 15.5. The van der Waals surface area contributed by atoms with E-state index in [2.05, 4.69) is 20.7 Å². The Bertz CT molecular complexity index is 525. The van der Waals surface area contributed by atoms with Crippen molar-refractivity contribution in [1.82, 2.24) is 4.72 Å². The van der Waals surface area contributed by atoms with Crippen molar-refractivity contribution in [3.8, 4) is 0 Å². The number of benzene rings is 1. The van der Waals surface area contributed by atoms with Gasteiger partial charge in [-0.25, -0.2) is 13.1 Å². The van der Waals surface area contributed by atoms with Gasteiger partial charge in [-0.3, -0.25) is 0 Å². The zero-order chi connectivity index (χ0) is 14.0. The summed E-state index contributed by atoms with van der Waals surface area (Å²) in [7, 11) is -3.54. The lowest BCUT2D eigenvalue weighted by Gasteiger charge is -2.28. The fourth-order valence-electron chi connectivity index (χ4n) is 1.51. The predicted octanol–water partition coefficient (Wildman–Crippen LogP) is 2.89. The van der Waals surface area contributed by atoms with E-state index < -0.39 is 15.6 Å². The number of nitrogen functional groups attached to an aromatic ring is 1. The van der Waals surface area contributed by atoms with Gasteiger partial charge in [0, 0.05) is 15.7 Å². The summed E-state index contributed by atoms with van der Waals surface area (Å²) in [4.78, 5) is 0.213. The minimum absolute atomic E-state index is 0.213.